The van der Waals surface area contributed by atoms with Crippen molar-refractivity contribution in [2.24, 2.45) is 11.7 Å². The molecule has 0 saturated heterocycles. The van der Waals surface area contributed by atoms with Crippen molar-refractivity contribution >= 4 is 18.2 Å². The number of benzene rings is 1. The van der Waals surface area contributed by atoms with Crippen LogP contribution in [0.5, 0.6) is 0 Å². The monoisotopic (exact) mass is 323 g/mol. The number of nitrogens with zero attached hydrogens (tertiary/aromatic N) is 2. The summed E-state index contributed by atoms with van der Waals surface area (Å²) in [5, 5.41) is 7.90. The maximum absolute atomic E-state index is 12.1. The molecule has 1 aromatic heterocycles. The highest BCUT2D eigenvalue weighted by Gasteiger charge is 2.32. The third-order valence-corrected chi connectivity index (χ3v) is 3.69. The third-order valence-electron chi connectivity index (χ3n) is 3.69. The van der Waals surface area contributed by atoms with Gasteiger partial charge in [-0.2, -0.15) is 0 Å². The van der Waals surface area contributed by atoms with Crippen molar-refractivity contribution in [2.75, 3.05) is 0 Å². The Kier molecular flexibility index (Phi) is 5.85. The summed E-state index contributed by atoms with van der Waals surface area (Å²) in [4.78, 5) is 12.1. The van der Waals surface area contributed by atoms with Crippen LogP contribution in [0, 0.1) is 5.92 Å². The van der Waals surface area contributed by atoms with E-state index in [-0.39, 0.29) is 30.0 Å². The molecule has 0 amide bonds. The Morgan fingerprint density at radius 1 is 1.18 bits per heavy atom. The zero-order valence-electron chi connectivity index (χ0n) is 13.2. The lowest BCUT2D eigenvalue weighted by molar-refractivity contribution is 0.0902. The number of carbonyl (C=O) groups excluding carboxylic acids is 1. The molecule has 0 aliphatic heterocycles. The highest BCUT2D eigenvalue weighted by molar-refractivity contribution is 5.96. The lowest BCUT2D eigenvalue weighted by atomic mass is 9.85. The van der Waals surface area contributed by atoms with E-state index in [1.54, 1.807) is 0 Å². The topological polar surface area (TPSA) is 82.0 Å². The molecule has 1 unspecified atom stereocenters. The van der Waals surface area contributed by atoms with Crippen LogP contribution in [0.3, 0.4) is 0 Å². The number of carbonyl (C=O) groups is 1. The van der Waals surface area contributed by atoms with Crippen molar-refractivity contribution in [3.8, 4) is 0 Å². The summed E-state index contributed by atoms with van der Waals surface area (Å²) in [7, 11) is 0. The molecule has 0 saturated carbocycles. The number of halogens is 1. The van der Waals surface area contributed by atoms with Crippen LogP contribution < -0.4 is 5.73 Å². The second-order valence-corrected chi connectivity index (χ2v) is 6.04. The molecule has 0 fully saturated rings. The maximum Gasteiger partial charge on any atom is 0.285 e. The summed E-state index contributed by atoms with van der Waals surface area (Å²) in [6.07, 6.45) is 0. The second-order valence-electron chi connectivity index (χ2n) is 6.04. The quantitative estimate of drug-likeness (QED) is 0.855. The normalized spacial score (nSPS) is 12.8. The van der Waals surface area contributed by atoms with Crippen LogP contribution in [0.15, 0.2) is 34.7 Å². The first-order valence-electron chi connectivity index (χ1n) is 7.03. The predicted octanol–water partition coefficient (Wildman–Crippen LogP) is 2.98. The van der Waals surface area contributed by atoms with E-state index >= 15 is 0 Å². The molecule has 0 spiro atoms. The molecule has 1 atom stereocenters. The molecule has 2 N–H and O–H groups in total. The molecule has 2 aromatic rings. The highest BCUT2D eigenvalue weighted by atomic mass is 35.5. The Hall–Kier alpha value is -1.72. The summed E-state index contributed by atoms with van der Waals surface area (Å²) in [5.74, 6) is 0.103. The van der Waals surface area contributed by atoms with Gasteiger partial charge in [-0.3, -0.25) is 4.79 Å². The maximum atomic E-state index is 12.1. The lowest BCUT2D eigenvalue weighted by Crippen LogP contribution is -2.35. The standard InChI is InChI=1S/C16H21N3O2.ClH/c1-10(2)12(17)13(20)14-18-19-15(21-14)16(3,4)11-8-6-5-7-9-11;/h5-10,12H,17H2,1-4H3;1H. The average Bonchev–Trinajstić information content (AvgIpc) is 2.97. The van der Waals surface area contributed by atoms with Gasteiger partial charge < -0.3 is 10.2 Å². The first-order valence-corrected chi connectivity index (χ1v) is 7.03. The average molecular weight is 324 g/mol. The Bertz CT molecular complexity index is 623. The summed E-state index contributed by atoms with van der Waals surface area (Å²) in [5.41, 5.74) is 6.42. The van der Waals surface area contributed by atoms with E-state index in [1.165, 1.54) is 0 Å². The number of Topliss-reactive ketones (excluding diaryl/α,β-unsaturated/α-hetero) is 1. The molecular formula is C16H22ClN3O2. The second kappa shape index (κ2) is 7.03. The third kappa shape index (κ3) is 3.54. The lowest BCUT2D eigenvalue weighted by Gasteiger charge is -2.20. The van der Waals surface area contributed by atoms with Crippen molar-refractivity contribution in [3.05, 3.63) is 47.7 Å². The highest BCUT2D eigenvalue weighted by Crippen LogP contribution is 2.30. The molecule has 0 aliphatic rings. The van der Waals surface area contributed by atoms with Gasteiger partial charge in [0.05, 0.1) is 11.5 Å². The molecule has 0 bridgehead atoms. The fourth-order valence-electron chi connectivity index (χ4n) is 2.00. The molecule has 0 aliphatic carbocycles. The zero-order chi connectivity index (χ0) is 15.6. The molecule has 2 rings (SSSR count). The van der Waals surface area contributed by atoms with E-state index in [2.05, 4.69) is 10.2 Å². The molecule has 120 valence electrons. The summed E-state index contributed by atoms with van der Waals surface area (Å²) in [6, 6.07) is 9.21. The number of rotatable bonds is 5. The smallest absolute Gasteiger partial charge is 0.285 e. The largest absolute Gasteiger partial charge is 0.417 e. The van der Waals surface area contributed by atoms with E-state index in [0.717, 1.165) is 5.56 Å². The Morgan fingerprint density at radius 3 is 2.32 bits per heavy atom. The van der Waals surface area contributed by atoms with Gasteiger partial charge in [0, 0.05) is 0 Å². The number of aromatic nitrogens is 2. The van der Waals surface area contributed by atoms with Crippen LogP contribution in [0.4, 0.5) is 0 Å². The number of ketones is 1. The van der Waals surface area contributed by atoms with Crippen molar-refractivity contribution in [1.29, 1.82) is 0 Å². The van der Waals surface area contributed by atoms with Crippen LogP contribution in [-0.2, 0) is 5.41 Å². The van der Waals surface area contributed by atoms with Crippen LogP contribution in [0.2, 0.25) is 0 Å². The molecule has 0 radical (unpaired) electrons. The number of hydrogen-bond acceptors (Lipinski definition) is 5. The summed E-state index contributed by atoms with van der Waals surface area (Å²) < 4.78 is 5.58. The fourth-order valence-corrected chi connectivity index (χ4v) is 2.00. The fraction of sp³-hybridized carbons (Fsp3) is 0.438. The predicted molar refractivity (Wildman–Crippen MR) is 87.3 cm³/mol. The first kappa shape index (κ1) is 18.3. The van der Waals surface area contributed by atoms with Gasteiger partial charge in [0.1, 0.15) is 0 Å². The minimum absolute atomic E-state index is 0. The van der Waals surface area contributed by atoms with E-state index < -0.39 is 11.5 Å². The molecule has 22 heavy (non-hydrogen) atoms. The minimum Gasteiger partial charge on any atom is -0.417 e. The van der Waals surface area contributed by atoms with E-state index in [9.17, 15) is 4.79 Å². The van der Waals surface area contributed by atoms with Gasteiger partial charge in [0.25, 0.3) is 5.89 Å². The van der Waals surface area contributed by atoms with Crippen molar-refractivity contribution < 1.29 is 9.21 Å². The van der Waals surface area contributed by atoms with Crippen LogP contribution in [-0.4, -0.2) is 22.0 Å². The van der Waals surface area contributed by atoms with Gasteiger partial charge in [-0.25, -0.2) is 0 Å². The van der Waals surface area contributed by atoms with Crippen molar-refractivity contribution in [3.63, 3.8) is 0 Å². The molecule has 1 aromatic carbocycles. The summed E-state index contributed by atoms with van der Waals surface area (Å²) >= 11 is 0. The van der Waals surface area contributed by atoms with Crippen molar-refractivity contribution in [2.45, 2.75) is 39.2 Å². The first-order chi connectivity index (χ1) is 9.84. The molecule has 5 nitrogen and oxygen atoms in total. The van der Waals surface area contributed by atoms with E-state index in [4.69, 9.17) is 10.2 Å². The van der Waals surface area contributed by atoms with Crippen molar-refractivity contribution in [1.82, 2.24) is 10.2 Å². The Morgan fingerprint density at radius 2 is 1.77 bits per heavy atom. The van der Waals surface area contributed by atoms with Crippen LogP contribution in [0.1, 0.15) is 49.8 Å². The van der Waals surface area contributed by atoms with E-state index in [0.29, 0.717) is 5.89 Å². The van der Waals surface area contributed by atoms with Gasteiger partial charge in [-0.15, -0.1) is 22.6 Å². The van der Waals surface area contributed by atoms with Crippen LogP contribution >= 0.6 is 12.4 Å². The number of nitrogens with two attached hydrogens (primary N) is 1. The van der Waals surface area contributed by atoms with Gasteiger partial charge in [-0.05, 0) is 25.3 Å². The van der Waals surface area contributed by atoms with Crippen LogP contribution in [0.25, 0.3) is 0 Å². The minimum atomic E-state index is -0.627. The molecule has 6 heteroatoms. The number of hydrogen-bond donors (Lipinski definition) is 1. The molecule has 1 heterocycles. The zero-order valence-corrected chi connectivity index (χ0v) is 14.1. The SMILES string of the molecule is CC(C)C(N)C(=O)c1nnc(C(C)(C)c2ccccc2)o1.Cl. The Balaban J connectivity index is 0.00000242. The molecular weight excluding hydrogens is 302 g/mol. The Labute approximate surface area is 136 Å². The van der Waals surface area contributed by atoms with E-state index in [1.807, 2.05) is 58.0 Å². The summed E-state index contributed by atoms with van der Waals surface area (Å²) in [6.45, 7) is 7.72. The van der Waals surface area contributed by atoms with Gasteiger partial charge >= 0.3 is 0 Å². The van der Waals surface area contributed by atoms with Gasteiger partial charge in [0.15, 0.2) is 0 Å². The van der Waals surface area contributed by atoms with Gasteiger partial charge in [-0.1, -0.05) is 44.2 Å². The van der Waals surface area contributed by atoms with Gasteiger partial charge in [0.2, 0.25) is 11.7 Å².